The Morgan fingerprint density at radius 3 is 2.00 bits per heavy atom. The van der Waals surface area contributed by atoms with Crippen molar-refractivity contribution in [3.63, 3.8) is 0 Å². The molecule has 21 heavy (non-hydrogen) atoms. The van der Waals surface area contributed by atoms with Crippen LogP contribution in [0.5, 0.6) is 0 Å². The second-order valence-electron chi connectivity index (χ2n) is 5.52. The minimum absolute atomic E-state index is 0.138. The number of piperidine rings is 2. The first-order chi connectivity index (χ1) is 10.1. The van der Waals surface area contributed by atoms with E-state index in [-0.39, 0.29) is 11.8 Å². The molecule has 0 saturated carbocycles. The summed E-state index contributed by atoms with van der Waals surface area (Å²) in [5.41, 5.74) is 7.94. The summed E-state index contributed by atoms with van der Waals surface area (Å²) >= 11 is 0. The van der Waals surface area contributed by atoms with Crippen LogP contribution in [-0.4, -0.2) is 24.9 Å². The van der Waals surface area contributed by atoms with Gasteiger partial charge in [0.1, 0.15) is 0 Å². The first kappa shape index (κ1) is 15.5. The van der Waals surface area contributed by atoms with Crippen LogP contribution in [0.2, 0.25) is 0 Å². The van der Waals surface area contributed by atoms with Gasteiger partial charge < -0.3 is 11.1 Å². The van der Waals surface area contributed by atoms with Gasteiger partial charge in [0.25, 0.3) is 0 Å². The van der Waals surface area contributed by atoms with Crippen molar-refractivity contribution in [1.82, 2.24) is 10.6 Å². The Morgan fingerprint density at radius 1 is 0.952 bits per heavy atom. The van der Waals surface area contributed by atoms with Crippen LogP contribution < -0.4 is 16.4 Å². The number of amides is 2. The first-order valence-corrected chi connectivity index (χ1v) is 7.54. The van der Waals surface area contributed by atoms with Crippen molar-refractivity contribution in [3.8, 4) is 0 Å². The van der Waals surface area contributed by atoms with Crippen LogP contribution in [0.15, 0.2) is 24.3 Å². The number of hydrogen-bond acceptors (Lipinski definition) is 4. The van der Waals surface area contributed by atoms with Gasteiger partial charge in [-0.15, -0.1) is 0 Å². The Hall–Kier alpha value is -1.88. The molecule has 4 N–H and O–H groups in total. The molecule has 0 atom stereocenters. The van der Waals surface area contributed by atoms with E-state index in [4.69, 9.17) is 5.73 Å². The number of anilines is 1. The SMILES string of the molecule is Nc1ccc(C2CCNCC2)cc1.O=C1CCCC(=O)N1. The second kappa shape index (κ2) is 7.78. The zero-order valence-corrected chi connectivity index (χ0v) is 12.2. The monoisotopic (exact) mass is 289 g/mol. The molecule has 0 aliphatic carbocycles. The molecule has 1 aromatic carbocycles. The highest BCUT2D eigenvalue weighted by atomic mass is 16.2. The lowest BCUT2D eigenvalue weighted by Gasteiger charge is -2.22. The van der Waals surface area contributed by atoms with E-state index in [1.165, 1.54) is 18.4 Å². The van der Waals surface area contributed by atoms with Crippen LogP contribution in [0.25, 0.3) is 0 Å². The molecule has 2 saturated heterocycles. The zero-order valence-electron chi connectivity index (χ0n) is 12.2. The van der Waals surface area contributed by atoms with Crippen molar-refractivity contribution < 1.29 is 9.59 Å². The Bertz CT molecular complexity index is 465. The highest BCUT2D eigenvalue weighted by Gasteiger charge is 2.14. The lowest BCUT2D eigenvalue weighted by atomic mass is 9.90. The van der Waals surface area contributed by atoms with Crippen LogP contribution in [0.1, 0.15) is 43.6 Å². The van der Waals surface area contributed by atoms with E-state index in [9.17, 15) is 9.59 Å². The molecule has 2 amide bonds. The van der Waals surface area contributed by atoms with Crippen molar-refractivity contribution >= 4 is 17.5 Å². The standard InChI is InChI=1S/C11H16N2.C5H7NO2/c12-11-3-1-9(2-4-11)10-5-7-13-8-6-10;7-4-2-1-3-5(8)6-4/h1-4,10,13H,5-8,12H2;1-3H2,(H,6,7,8). The quantitative estimate of drug-likeness (QED) is 0.541. The largest absolute Gasteiger partial charge is 0.399 e. The van der Waals surface area contributed by atoms with Crippen molar-refractivity contribution in [3.05, 3.63) is 29.8 Å². The molecule has 0 spiro atoms. The minimum Gasteiger partial charge on any atom is -0.399 e. The number of hydrogen-bond donors (Lipinski definition) is 3. The van der Waals surface area contributed by atoms with Crippen LogP contribution >= 0.6 is 0 Å². The molecule has 114 valence electrons. The molecule has 5 nitrogen and oxygen atoms in total. The average Bonchev–Trinajstić information content (AvgIpc) is 2.49. The summed E-state index contributed by atoms with van der Waals surface area (Å²) in [6, 6.07) is 8.31. The fraction of sp³-hybridized carbons (Fsp3) is 0.500. The van der Waals surface area contributed by atoms with Crippen LogP contribution in [0.3, 0.4) is 0 Å². The first-order valence-electron chi connectivity index (χ1n) is 7.54. The molecule has 1 aromatic rings. The summed E-state index contributed by atoms with van der Waals surface area (Å²) in [6.45, 7) is 2.30. The number of nitrogens with two attached hydrogens (primary N) is 1. The van der Waals surface area contributed by atoms with Gasteiger partial charge in [-0.2, -0.15) is 0 Å². The molecule has 3 rings (SSSR count). The summed E-state index contributed by atoms with van der Waals surface area (Å²) in [6.07, 6.45) is 4.23. The third kappa shape index (κ3) is 5.19. The van der Waals surface area contributed by atoms with Crippen LogP contribution in [-0.2, 0) is 9.59 Å². The number of nitrogens with one attached hydrogen (secondary N) is 2. The van der Waals surface area contributed by atoms with Crippen molar-refractivity contribution in [2.24, 2.45) is 0 Å². The Labute approximate surface area is 125 Å². The molecule has 5 heteroatoms. The molecule has 0 aromatic heterocycles. The molecule has 0 unspecified atom stereocenters. The van der Waals surface area contributed by atoms with Gasteiger partial charge in [0, 0.05) is 18.5 Å². The van der Waals surface area contributed by atoms with Gasteiger partial charge in [-0.3, -0.25) is 14.9 Å². The van der Waals surface area contributed by atoms with Gasteiger partial charge in [0.05, 0.1) is 0 Å². The topological polar surface area (TPSA) is 84.2 Å². The Kier molecular flexibility index (Phi) is 5.75. The van der Waals surface area contributed by atoms with Gasteiger partial charge in [-0.1, -0.05) is 12.1 Å². The van der Waals surface area contributed by atoms with Crippen LogP contribution in [0, 0.1) is 0 Å². The maximum atomic E-state index is 10.3. The molecule has 2 aliphatic heterocycles. The molecule has 2 aliphatic rings. The van der Waals surface area contributed by atoms with Crippen LogP contribution in [0.4, 0.5) is 5.69 Å². The highest BCUT2D eigenvalue weighted by Crippen LogP contribution is 2.25. The van der Waals surface area contributed by atoms with E-state index in [1.54, 1.807) is 0 Å². The fourth-order valence-corrected chi connectivity index (χ4v) is 2.61. The fourth-order valence-electron chi connectivity index (χ4n) is 2.61. The molecule has 0 bridgehead atoms. The van der Waals surface area contributed by atoms with E-state index >= 15 is 0 Å². The predicted octanol–water partition coefficient (Wildman–Crippen LogP) is 1.55. The summed E-state index contributed by atoms with van der Waals surface area (Å²) in [4.78, 5) is 20.7. The highest BCUT2D eigenvalue weighted by molar-refractivity contribution is 5.97. The van der Waals surface area contributed by atoms with E-state index in [2.05, 4.69) is 22.8 Å². The zero-order chi connectivity index (χ0) is 15.1. The number of carbonyl (C=O) groups excluding carboxylic acids is 2. The summed E-state index contributed by atoms with van der Waals surface area (Å²) in [5.74, 6) is 0.462. The lowest BCUT2D eigenvalue weighted by molar-refractivity contribution is -0.132. The predicted molar refractivity (Wildman–Crippen MR) is 82.7 cm³/mol. The van der Waals surface area contributed by atoms with Crippen molar-refractivity contribution in [2.75, 3.05) is 18.8 Å². The van der Waals surface area contributed by atoms with Gasteiger partial charge in [0.15, 0.2) is 0 Å². The molecule has 2 heterocycles. The third-order valence-electron chi connectivity index (χ3n) is 3.83. The normalized spacial score (nSPS) is 19.4. The number of benzene rings is 1. The van der Waals surface area contributed by atoms with Gasteiger partial charge in [-0.05, 0) is 56.0 Å². The van der Waals surface area contributed by atoms with Gasteiger partial charge >= 0.3 is 0 Å². The Morgan fingerprint density at radius 2 is 1.52 bits per heavy atom. The van der Waals surface area contributed by atoms with E-state index in [0.717, 1.165) is 24.7 Å². The molecule has 2 fully saturated rings. The number of carbonyl (C=O) groups is 2. The van der Waals surface area contributed by atoms with Crippen molar-refractivity contribution in [2.45, 2.75) is 38.0 Å². The van der Waals surface area contributed by atoms with Crippen molar-refractivity contribution in [1.29, 1.82) is 0 Å². The molecule has 0 radical (unpaired) electrons. The average molecular weight is 289 g/mol. The molecular formula is C16H23N3O2. The smallest absolute Gasteiger partial charge is 0.226 e. The Balaban J connectivity index is 0.000000173. The second-order valence-corrected chi connectivity index (χ2v) is 5.52. The minimum atomic E-state index is -0.138. The summed E-state index contributed by atoms with van der Waals surface area (Å²) < 4.78 is 0. The van der Waals surface area contributed by atoms with E-state index in [0.29, 0.717) is 19.3 Å². The van der Waals surface area contributed by atoms with Gasteiger partial charge in [-0.25, -0.2) is 0 Å². The maximum absolute atomic E-state index is 10.3. The summed E-state index contributed by atoms with van der Waals surface area (Å²) in [5, 5.41) is 5.57. The lowest BCUT2D eigenvalue weighted by Crippen LogP contribution is -2.33. The third-order valence-corrected chi connectivity index (χ3v) is 3.83. The van der Waals surface area contributed by atoms with Gasteiger partial charge in [0.2, 0.25) is 11.8 Å². The molecular weight excluding hydrogens is 266 g/mol. The number of imide groups is 1. The van der Waals surface area contributed by atoms with E-state index < -0.39 is 0 Å². The number of rotatable bonds is 1. The maximum Gasteiger partial charge on any atom is 0.226 e. The number of nitrogen functional groups attached to an aromatic ring is 1. The summed E-state index contributed by atoms with van der Waals surface area (Å²) in [7, 11) is 0. The van der Waals surface area contributed by atoms with E-state index in [1.807, 2.05) is 12.1 Å².